The Hall–Kier alpha value is -4.81. The van der Waals surface area contributed by atoms with Crippen molar-refractivity contribution in [3.8, 4) is 23.0 Å². The van der Waals surface area contributed by atoms with Gasteiger partial charge in [-0.05, 0) is 49.4 Å². The molecule has 6 rings (SSSR count). The number of halogens is 3. The summed E-state index contributed by atoms with van der Waals surface area (Å²) in [6.45, 7) is 4.92. The van der Waals surface area contributed by atoms with Crippen molar-refractivity contribution in [1.82, 2.24) is 29.3 Å². The molecule has 12 heteroatoms. The molecule has 3 aromatic carbocycles. The minimum atomic E-state index is -4.57. The van der Waals surface area contributed by atoms with Gasteiger partial charge >= 0.3 is 6.18 Å². The van der Waals surface area contributed by atoms with Crippen LogP contribution in [0.4, 0.5) is 18.9 Å². The smallest absolute Gasteiger partial charge is 0.416 e. The molecule has 0 atom stereocenters. The van der Waals surface area contributed by atoms with Crippen LogP contribution in [0.1, 0.15) is 27.0 Å². The van der Waals surface area contributed by atoms with Crippen molar-refractivity contribution in [3.63, 3.8) is 0 Å². The molecule has 1 amide bonds. The third-order valence-electron chi connectivity index (χ3n) is 7.89. The van der Waals surface area contributed by atoms with E-state index in [0.717, 1.165) is 24.7 Å². The number of nitrogens with zero attached hydrogens (tertiary/aromatic N) is 6. The third-order valence-corrected chi connectivity index (χ3v) is 7.89. The van der Waals surface area contributed by atoms with E-state index >= 15 is 0 Å². The third kappa shape index (κ3) is 6.66. The van der Waals surface area contributed by atoms with E-state index in [0.29, 0.717) is 41.4 Å². The van der Waals surface area contributed by atoms with Gasteiger partial charge in [0.1, 0.15) is 5.75 Å². The number of fused-ring (bicyclic) bond motifs is 1. The van der Waals surface area contributed by atoms with E-state index in [2.05, 4.69) is 25.2 Å². The number of alkyl halides is 3. The van der Waals surface area contributed by atoms with Crippen LogP contribution in [0, 0.1) is 6.92 Å². The highest BCUT2D eigenvalue weighted by Crippen LogP contribution is 2.35. The molecule has 0 unspecified atom stereocenters. The summed E-state index contributed by atoms with van der Waals surface area (Å²) >= 11 is 0. The molecule has 9 nitrogen and oxygen atoms in total. The molecular formula is C33H32F3N7O2. The van der Waals surface area contributed by atoms with Gasteiger partial charge in [-0.3, -0.25) is 9.69 Å². The number of imidazole rings is 1. The number of anilines is 1. The van der Waals surface area contributed by atoms with Gasteiger partial charge < -0.3 is 19.5 Å². The number of aryl methyl sites for hydroxylation is 2. The highest BCUT2D eigenvalue weighted by molar-refractivity contribution is 6.05. The highest BCUT2D eigenvalue weighted by atomic mass is 19.4. The summed E-state index contributed by atoms with van der Waals surface area (Å²) in [6, 6.07) is 18.3. The van der Waals surface area contributed by atoms with Crippen LogP contribution in [-0.4, -0.2) is 68.5 Å². The lowest BCUT2D eigenvalue weighted by Crippen LogP contribution is -2.44. The van der Waals surface area contributed by atoms with Gasteiger partial charge in [0.25, 0.3) is 11.8 Å². The number of rotatable bonds is 7. The van der Waals surface area contributed by atoms with Crippen molar-refractivity contribution >= 4 is 22.8 Å². The number of hydrogen-bond donors (Lipinski definition) is 1. The lowest BCUT2D eigenvalue weighted by molar-refractivity contribution is -0.138. The molecule has 2 aromatic heterocycles. The zero-order chi connectivity index (χ0) is 31.7. The van der Waals surface area contributed by atoms with Gasteiger partial charge in [-0.25, -0.2) is 9.97 Å². The number of carbonyl (C=O) groups is 1. The summed E-state index contributed by atoms with van der Waals surface area (Å²) < 4.78 is 50.2. The van der Waals surface area contributed by atoms with E-state index in [4.69, 9.17) is 4.74 Å². The van der Waals surface area contributed by atoms with E-state index < -0.39 is 17.6 Å². The minimum Gasteiger partial charge on any atom is -0.437 e. The number of ether oxygens (including phenoxy) is 1. The number of piperazine rings is 1. The maximum atomic E-state index is 14.1. The first-order valence-corrected chi connectivity index (χ1v) is 14.5. The molecule has 0 spiro atoms. The number of aromatic nitrogens is 4. The maximum absolute atomic E-state index is 14.1. The molecule has 1 N–H and O–H groups in total. The summed E-state index contributed by atoms with van der Waals surface area (Å²) in [5, 5.41) is 2.65. The molecule has 45 heavy (non-hydrogen) atoms. The molecule has 232 valence electrons. The Labute approximate surface area is 258 Å². The van der Waals surface area contributed by atoms with Gasteiger partial charge in [-0.1, -0.05) is 42.5 Å². The molecule has 5 aromatic rings. The lowest BCUT2D eigenvalue weighted by Gasteiger charge is -2.33. The second-order valence-electron chi connectivity index (χ2n) is 11.2. The molecule has 1 saturated heterocycles. The van der Waals surface area contributed by atoms with E-state index in [1.54, 1.807) is 30.0 Å². The zero-order valence-corrected chi connectivity index (χ0v) is 25.1. The molecule has 1 aliphatic heterocycles. The number of nitrogens with one attached hydrogen (secondary N) is 1. The van der Waals surface area contributed by atoms with Crippen molar-refractivity contribution in [2.75, 3.05) is 38.5 Å². The van der Waals surface area contributed by atoms with Crippen LogP contribution in [0.5, 0.6) is 11.6 Å². The molecule has 0 radical (unpaired) electrons. The lowest BCUT2D eigenvalue weighted by atomic mass is 10.0. The summed E-state index contributed by atoms with van der Waals surface area (Å²) in [7, 11) is 3.81. The van der Waals surface area contributed by atoms with Crippen LogP contribution >= 0.6 is 0 Å². The fourth-order valence-electron chi connectivity index (χ4n) is 5.29. The molecule has 0 aliphatic carbocycles. The number of hydrogen-bond acceptors (Lipinski definition) is 7. The monoisotopic (exact) mass is 615 g/mol. The van der Waals surface area contributed by atoms with Gasteiger partial charge in [-0.2, -0.15) is 18.2 Å². The fourth-order valence-corrected chi connectivity index (χ4v) is 5.29. The van der Waals surface area contributed by atoms with Crippen LogP contribution in [-0.2, 0) is 19.8 Å². The molecule has 0 bridgehead atoms. The van der Waals surface area contributed by atoms with Crippen molar-refractivity contribution < 1.29 is 22.7 Å². The Balaban J connectivity index is 1.25. The van der Waals surface area contributed by atoms with E-state index in [9.17, 15) is 18.0 Å². The second-order valence-corrected chi connectivity index (χ2v) is 11.2. The molecule has 1 fully saturated rings. The predicted molar refractivity (Wildman–Crippen MR) is 165 cm³/mol. The van der Waals surface area contributed by atoms with E-state index in [1.165, 1.54) is 18.2 Å². The van der Waals surface area contributed by atoms with Crippen LogP contribution in [0.15, 0.2) is 73.1 Å². The summed E-state index contributed by atoms with van der Waals surface area (Å²) in [4.78, 5) is 31.2. The maximum Gasteiger partial charge on any atom is 0.416 e. The summed E-state index contributed by atoms with van der Waals surface area (Å²) in [5.74, 6) is 0.409. The van der Waals surface area contributed by atoms with Crippen LogP contribution < -0.4 is 10.1 Å². The quantitative estimate of drug-likeness (QED) is 0.235. The number of amides is 1. The van der Waals surface area contributed by atoms with Gasteiger partial charge in [0.05, 0.1) is 11.9 Å². The van der Waals surface area contributed by atoms with Crippen molar-refractivity contribution in [2.45, 2.75) is 19.6 Å². The van der Waals surface area contributed by atoms with Crippen LogP contribution in [0.3, 0.4) is 0 Å². The van der Waals surface area contributed by atoms with Crippen LogP contribution in [0.2, 0.25) is 0 Å². The topological polar surface area (TPSA) is 88.4 Å². The average Bonchev–Trinajstić information content (AvgIpc) is 3.40. The molecule has 0 saturated carbocycles. The SMILES string of the molecule is Cc1ccc(Oc2nc(-c3ccccc3)nc3c2ncn3C)cc1C(=O)Nc1ccc(CN2CCN(C)CC2)c(C(F)(F)F)c1. The summed E-state index contributed by atoms with van der Waals surface area (Å²) in [5.41, 5.74) is 2.15. The Bertz CT molecular complexity index is 1850. The largest absolute Gasteiger partial charge is 0.437 e. The average molecular weight is 616 g/mol. The van der Waals surface area contributed by atoms with Gasteiger partial charge in [0.15, 0.2) is 17.0 Å². The van der Waals surface area contributed by atoms with E-state index in [1.807, 2.05) is 49.3 Å². The standard InChI is InChI=1S/C33H32F3N7O2/c1-21-9-12-25(45-32-28-30(42(3)20-37-28)39-29(40-32)22-7-5-4-6-8-22)18-26(21)31(44)38-24-11-10-23(27(17-24)33(34,35)36)19-43-15-13-41(2)14-16-43/h4-12,17-18,20H,13-16,19H2,1-3H3,(H,38,44). The Morgan fingerprint density at radius 1 is 0.956 bits per heavy atom. The van der Waals surface area contributed by atoms with Crippen molar-refractivity contribution in [2.24, 2.45) is 7.05 Å². The predicted octanol–water partition coefficient (Wildman–Crippen LogP) is 6.15. The van der Waals surface area contributed by atoms with Crippen LogP contribution in [0.25, 0.3) is 22.6 Å². The van der Waals surface area contributed by atoms with Gasteiger partial charge in [0, 0.05) is 56.6 Å². The first kappa shape index (κ1) is 30.2. The number of benzene rings is 3. The molecular weight excluding hydrogens is 583 g/mol. The Kier molecular flexibility index (Phi) is 8.26. The zero-order valence-electron chi connectivity index (χ0n) is 25.1. The molecule has 3 heterocycles. The van der Waals surface area contributed by atoms with Crippen molar-refractivity contribution in [1.29, 1.82) is 0 Å². The normalized spacial score (nSPS) is 14.5. The molecule has 1 aliphatic rings. The Morgan fingerprint density at radius 2 is 1.71 bits per heavy atom. The van der Waals surface area contributed by atoms with Gasteiger partial charge in [-0.15, -0.1) is 0 Å². The number of likely N-dealkylation sites (N-methyl/N-ethyl adjacent to an activating group) is 1. The van der Waals surface area contributed by atoms with E-state index in [-0.39, 0.29) is 29.2 Å². The number of carbonyl (C=O) groups excluding carboxylic acids is 1. The minimum absolute atomic E-state index is 0.0543. The first-order chi connectivity index (χ1) is 21.5. The van der Waals surface area contributed by atoms with Gasteiger partial charge in [0.2, 0.25) is 0 Å². The first-order valence-electron chi connectivity index (χ1n) is 14.5. The second kappa shape index (κ2) is 12.3. The summed E-state index contributed by atoms with van der Waals surface area (Å²) in [6.07, 6.45) is -2.96. The Morgan fingerprint density at radius 3 is 2.44 bits per heavy atom. The van der Waals surface area contributed by atoms with Crippen molar-refractivity contribution in [3.05, 3.63) is 95.3 Å². The fraction of sp³-hybridized carbons (Fsp3) is 0.273. The highest BCUT2D eigenvalue weighted by Gasteiger charge is 2.34.